The Morgan fingerprint density at radius 2 is 1.71 bits per heavy atom. The molecule has 2 N–H and O–H groups in total. The number of sulfonamides is 1. The average molecular weight is 397 g/mol. The number of primary sulfonamides is 1. The van der Waals surface area contributed by atoms with E-state index < -0.39 is 10.0 Å². The number of nitrogens with zero attached hydrogens (tertiary/aromatic N) is 2. The highest BCUT2D eigenvalue weighted by atomic mass is 32.2. The van der Waals surface area contributed by atoms with Crippen LogP contribution in [0.5, 0.6) is 11.5 Å². The van der Waals surface area contributed by atoms with Crippen molar-refractivity contribution >= 4 is 31.8 Å². The fourth-order valence-corrected chi connectivity index (χ4v) is 4.00. The second kappa shape index (κ2) is 6.81. The number of benzene rings is 2. The molecule has 0 radical (unpaired) electrons. The molecule has 2 aromatic heterocycles. The Bertz CT molecular complexity index is 1280. The molecule has 0 saturated heterocycles. The molecule has 144 valence electrons. The summed E-state index contributed by atoms with van der Waals surface area (Å²) in [6.45, 7) is 0. The molecule has 0 unspecified atom stereocenters. The van der Waals surface area contributed by atoms with Crippen molar-refractivity contribution in [2.45, 2.75) is 5.75 Å². The first-order valence-corrected chi connectivity index (χ1v) is 10.2. The Hall–Kier alpha value is -3.10. The Kier molecular flexibility index (Phi) is 4.44. The first kappa shape index (κ1) is 18.3. The van der Waals surface area contributed by atoms with Gasteiger partial charge in [0.1, 0.15) is 0 Å². The maximum atomic E-state index is 11.3. The summed E-state index contributed by atoms with van der Waals surface area (Å²) in [5, 5.41) is 7.03. The van der Waals surface area contributed by atoms with Crippen molar-refractivity contribution in [3.05, 3.63) is 60.4 Å². The second-order valence-electron chi connectivity index (χ2n) is 6.45. The molecule has 0 aliphatic heterocycles. The molecule has 0 aliphatic rings. The Morgan fingerprint density at radius 3 is 2.36 bits per heavy atom. The van der Waals surface area contributed by atoms with Crippen LogP contribution in [-0.4, -0.2) is 32.2 Å². The SMILES string of the molecule is COc1cc2ncc3ccn(-c4ccc(CS(N)(=O)=O)cc4)c3c2cc1OC. The van der Waals surface area contributed by atoms with Gasteiger partial charge in [-0.15, -0.1) is 0 Å². The van der Waals surface area contributed by atoms with Crippen LogP contribution in [0.2, 0.25) is 0 Å². The zero-order valence-corrected chi connectivity index (χ0v) is 16.2. The minimum Gasteiger partial charge on any atom is -0.493 e. The summed E-state index contributed by atoms with van der Waals surface area (Å²) in [6.07, 6.45) is 3.77. The first-order chi connectivity index (χ1) is 13.4. The van der Waals surface area contributed by atoms with E-state index in [4.69, 9.17) is 14.6 Å². The van der Waals surface area contributed by atoms with Crippen LogP contribution in [0.15, 0.2) is 54.9 Å². The van der Waals surface area contributed by atoms with Crippen molar-refractivity contribution in [2.24, 2.45) is 5.14 Å². The van der Waals surface area contributed by atoms with E-state index in [9.17, 15) is 8.42 Å². The summed E-state index contributed by atoms with van der Waals surface area (Å²) in [5.41, 5.74) is 3.30. The third-order valence-electron chi connectivity index (χ3n) is 4.60. The maximum absolute atomic E-state index is 11.3. The molecule has 8 heteroatoms. The van der Waals surface area contributed by atoms with E-state index in [-0.39, 0.29) is 5.75 Å². The van der Waals surface area contributed by atoms with E-state index in [1.165, 1.54) is 0 Å². The van der Waals surface area contributed by atoms with Gasteiger partial charge in [-0.2, -0.15) is 0 Å². The van der Waals surface area contributed by atoms with Crippen molar-refractivity contribution in [2.75, 3.05) is 14.2 Å². The summed E-state index contributed by atoms with van der Waals surface area (Å²) in [7, 11) is -0.373. The molecule has 2 aromatic carbocycles. The van der Waals surface area contributed by atoms with Crippen LogP contribution in [0, 0.1) is 0 Å². The predicted molar refractivity (Wildman–Crippen MR) is 108 cm³/mol. The molecular weight excluding hydrogens is 378 g/mol. The van der Waals surface area contributed by atoms with Crippen molar-refractivity contribution in [3.8, 4) is 17.2 Å². The first-order valence-electron chi connectivity index (χ1n) is 8.51. The highest BCUT2D eigenvalue weighted by Crippen LogP contribution is 2.35. The minimum atomic E-state index is -3.56. The van der Waals surface area contributed by atoms with Gasteiger partial charge >= 0.3 is 0 Å². The van der Waals surface area contributed by atoms with Crippen LogP contribution in [0.25, 0.3) is 27.5 Å². The zero-order chi connectivity index (χ0) is 19.9. The summed E-state index contributed by atoms with van der Waals surface area (Å²) in [5.74, 6) is 1.05. The van der Waals surface area contributed by atoms with E-state index in [1.54, 1.807) is 26.4 Å². The number of hydrogen-bond acceptors (Lipinski definition) is 5. The highest BCUT2D eigenvalue weighted by molar-refractivity contribution is 7.88. The lowest BCUT2D eigenvalue weighted by Gasteiger charge is -2.12. The molecule has 7 nitrogen and oxygen atoms in total. The fourth-order valence-electron chi connectivity index (χ4n) is 3.34. The van der Waals surface area contributed by atoms with E-state index in [2.05, 4.69) is 4.98 Å². The molecule has 4 aromatic rings. The van der Waals surface area contributed by atoms with Crippen LogP contribution in [0.4, 0.5) is 0 Å². The molecule has 0 bridgehead atoms. The molecule has 0 aliphatic carbocycles. The lowest BCUT2D eigenvalue weighted by atomic mass is 10.1. The van der Waals surface area contributed by atoms with Gasteiger partial charge in [-0.1, -0.05) is 12.1 Å². The average Bonchev–Trinajstić information content (AvgIpc) is 3.10. The highest BCUT2D eigenvalue weighted by Gasteiger charge is 2.13. The van der Waals surface area contributed by atoms with Gasteiger partial charge in [-0.3, -0.25) is 4.98 Å². The number of fused-ring (bicyclic) bond motifs is 3. The Morgan fingerprint density at radius 1 is 1.04 bits per heavy atom. The van der Waals surface area contributed by atoms with Gasteiger partial charge in [-0.25, -0.2) is 13.6 Å². The summed E-state index contributed by atoms with van der Waals surface area (Å²) < 4.78 is 35.4. The standard InChI is InChI=1S/C20H19N3O4S/c1-26-18-9-16-17(10-19(18)27-2)22-11-14-7-8-23(20(14)16)15-5-3-13(4-6-15)12-28(21,24)25/h3-11H,12H2,1-2H3,(H2,21,24,25). The van der Waals surface area contributed by atoms with Gasteiger partial charge in [-0.05, 0) is 29.8 Å². The smallest absolute Gasteiger partial charge is 0.213 e. The van der Waals surface area contributed by atoms with Crippen molar-refractivity contribution in [3.63, 3.8) is 0 Å². The molecule has 0 saturated carbocycles. The Labute approximate surface area is 162 Å². The molecule has 0 amide bonds. The maximum Gasteiger partial charge on any atom is 0.213 e. The monoisotopic (exact) mass is 397 g/mol. The Balaban J connectivity index is 1.89. The van der Waals surface area contributed by atoms with E-state index in [0.717, 1.165) is 27.5 Å². The summed E-state index contributed by atoms with van der Waals surface area (Å²) in [6, 6.07) is 13.0. The minimum absolute atomic E-state index is 0.191. The number of nitrogens with two attached hydrogens (primary N) is 1. The van der Waals surface area contributed by atoms with Gasteiger partial charge < -0.3 is 14.0 Å². The molecule has 0 fully saturated rings. The second-order valence-corrected chi connectivity index (χ2v) is 8.06. The number of aromatic nitrogens is 2. The molecule has 2 heterocycles. The number of rotatable bonds is 5. The van der Waals surface area contributed by atoms with Gasteiger partial charge in [0, 0.05) is 34.9 Å². The van der Waals surface area contributed by atoms with Crippen molar-refractivity contribution in [1.29, 1.82) is 0 Å². The number of ether oxygens (including phenoxy) is 2. The van der Waals surface area contributed by atoms with Crippen molar-refractivity contribution in [1.82, 2.24) is 9.55 Å². The third-order valence-corrected chi connectivity index (χ3v) is 5.34. The predicted octanol–water partition coefficient (Wildman–Crippen LogP) is 2.98. The molecular formula is C20H19N3O4S. The number of methoxy groups -OCH3 is 2. The topological polar surface area (TPSA) is 96.4 Å². The zero-order valence-electron chi connectivity index (χ0n) is 15.4. The van der Waals surface area contributed by atoms with Crippen LogP contribution >= 0.6 is 0 Å². The van der Waals surface area contributed by atoms with Gasteiger partial charge in [0.15, 0.2) is 11.5 Å². The van der Waals surface area contributed by atoms with Gasteiger partial charge in [0.25, 0.3) is 0 Å². The lowest BCUT2D eigenvalue weighted by Crippen LogP contribution is -2.14. The quantitative estimate of drug-likeness (QED) is 0.558. The normalized spacial score (nSPS) is 11.8. The van der Waals surface area contributed by atoms with E-state index in [1.807, 2.05) is 47.3 Å². The number of hydrogen-bond donors (Lipinski definition) is 1. The van der Waals surface area contributed by atoms with Crippen LogP contribution in [0.3, 0.4) is 0 Å². The van der Waals surface area contributed by atoms with Crippen LogP contribution in [-0.2, 0) is 15.8 Å². The largest absolute Gasteiger partial charge is 0.493 e. The third kappa shape index (κ3) is 3.28. The van der Waals surface area contributed by atoms with Gasteiger partial charge in [0.2, 0.25) is 10.0 Å². The lowest BCUT2D eigenvalue weighted by molar-refractivity contribution is 0.356. The van der Waals surface area contributed by atoms with Gasteiger partial charge in [0.05, 0.1) is 31.0 Å². The molecule has 28 heavy (non-hydrogen) atoms. The van der Waals surface area contributed by atoms with Crippen LogP contribution < -0.4 is 14.6 Å². The van der Waals surface area contributed by atoms with E-state index >= 15 is 0 Å². The van der Waals surface area contributed by atoms with Crippen molar-refractivity contribution < 1.29 is 17.9 Å². The molecule has 0 atom stereocenters. The fraction of sp³-hybridized carbons (Fsp3) is 0.150. The van der Waals surface area contributed by atoms with E-state index in [0.29, 0.717) is 17.1 Å². The molecule has 0 spiro atoms. The van der Waals surface area contributed by atoms with Crippen LogP contribution in [0.1, 0.15) is 5.56 Å². The summed E-state index contributed by atoms with van der Waals surface area (Å²) in [4.78, 5) is 4.53. The number of pyridine rings is 1. The molecule has 4 rings (SSSR count). The summed E-state index contributed by atoms with van der Waals surface area (Å²) >= 11 is 0.